The lowest BCUT2D eigenvalue weighted by Crippen LogP contribution is -2.12. The van der Waals surface area contributed by atoms with Gasteiger partial charge in [0.25, 0.3) is 0 Å². The van der Waals surface area contributed by atoms with E-state index in [1.54, 1.807) is 6.07 Å². The molecule has 1 aromatic rings. The van der Waals surface area contributed by atoms with Gasteiger partial charge in [-0.3, -0.25) is 0 Å². The molecule has 0 atom stereocenters. The summed E-state index contributed by atoms with van der Waals surface area (Å²) in [5, 5.41) is 0. The van der Waals surface area contributed by atoms with Crippen molar-refractivity contribution in [2.75, 3.05) is 21.3 Å². The van der Waals surface area contributed by atoms with E-state index in [0.717, 1.165) is 5.56 Å². The summed E-state index contributed by atoms with van der Waals surface area (Å²) < 4.78 is 24.1. The van der Waals surface area contributed by atoms with Crippen LogP contribution >= 0.6 is 15.9 Å². The Bertz CT molecular complexity index is 374. The fourth-order valence-corrected chi connectivity index (χ4v) is 1.78. The van der Waals surface area contributed by atoms with Gasteiger partial charge in [-0.15, -0.1) is 0 Å². The number of hydroxylamine groups is 1. The molecule has 0 radical (unpaired) electrons. The van der Waals surface area contributed by atoms with Crippen molar-refractivity contribution in [3.8, 4) is 11.5 Å². The van der Waals surface area contributed by atoms with Gasteiger partial charge >= 0.3 is 0 Å². The van der Waals surface area contributed by atoms with Crippen LogP contribution in [0.5, 0.6) is 11.5 Å². The van der Waals surface area contributed by atoms with Gasteiger partial charge in [-0.25, -0.2) is 4.39 Å². The molecule has 0 bridgehead atoms. The Morgan fingerprint density at radius 1 is 1.25 bits per heavy atom. The van der Waals surface area contributed by atoms with E-state index in [9.17, 15) is 4.39 Å². The Labute approximate surface area is 102 Å². The van der Waals surface area contributed by atoms with Gasteiger partial charge in [-0.05, 0) is 22.0 Å². The number of benzene rings is 1. The molecule has 16 heavy (non-hydrogen) atoms. The minimum Gasteiger partial charge on any atom is -0.492 e. The van der Waals surface area contributed by atoms with Gasteiger partial charge in [0.15, 0.2) is 17.3 Å². The SMILES string of the molecule is CONCc1cc(Br)c(F)c(OC)c1OC. The molecule has 6 heteroatoms. The normalized spacial score (nSPS) is 10.3. The van der Waals surface area contributed by atoms with Crippen molar-refractivity contribution in [2.45, 2.75) is 6.54 Å². The van der Waals surface area contributed by atoms with Crippen LogP contribution in [-0.4, -0.2) is 21.3 Å². The summed E-state index contributed by atoms with van der Waals surface area (Å²) in [6.45, 7) is 0.384. The number of rotatable bonds is 5. The van der Waals surface area contributed by atoms with Crippen molar-refractivity contribution in [2.24, 2.45) is 0 Å². The second-order valence-corrected chi connectivity index (χ2v) is 3.78. The highest BCUT2D eigenvalue weighted by Gasteiger charge is 2.18. The lowest BCUT2D eigenvalue weighted by atomic mass is 10.2. The molecule has 0 heterocycles. The van der Waals surface area contributed by atoms with E-state index in [1.807, 2.05) is 0 Å². The molecule has 0 saturated carbocycles. The maximum atomic E-state index is 13.6. The summed E-state index contributed by atoms with van der Waals surface area (Å²) in [4.78, 5) is 4.73. The van der Waals surface area contributed by atoms with Crippen LogP contribution in [0.2, 0.25) is 0 Å². The zero-order valence-corrected chi connectivity index (χ0v) is 10.9. The molecule has 90 valence electrons. The zero-order chi connectivity index (χ0) is 12.1. The maximum absolute atomic E-state index is 13.6. The second-order valence-electron chi connectivity index (χ2n) is 2.92. The molecule has 0 unspecified atom stereocenters. The van der Waals surface area contributed by atoms with E-state index in [2.05, 4.69) is 21.4 Å². The zero-order valence-electron chi connectivity index (χ0n) is 9.27. The third-order valence-electron chi connectivity index (χ3n) is 2.02. The molecule has 0 aliphatic rings. The van der Waals surface area contributed by atoms with Crippen molar-refractivity contribution in [3.63, 3.8) is 0 Å². The van der Waals surface area contributed by atoms with E-state index in [0.29, 0.717) is 16.8 Å². The monoisotopic (exact) mass is 293 g/mol. The molecule has 0 aliphatic carbocycles. The number of hydrogen-bond acceptors (Lipinski definition) is 4. The number of hydrogen-bond donors (Lipinski definition) is 1. The van der Waals surface area contributed by atoms with Gasteiger partial charge < -0.3 is 14.3 Å². The van der Waals surface area contributed by atoms with Crippen LogP contribution in [0.25, 0.3) is 0 Å². The highest BCUT2D eigenvalue weighted by Crippen LogP contribution is 2.38. The molecule has 0 saturated heterocycles. The van der Waals surface area contributed by atoms with Gasteiger partial charge in [0, 0.05) is 12.1 Å². The van der Waals surface area contributed by atoms with Crippen molar-refractivity contribution in [3.05, 3.63) is 21.9 Å². The summed E-state index contributed by atoms with van der Waals surface area (Å²) in [6.07, 6.45) is 0. The quantitative estimate of drug-likeness (QED) is 0.846. The third-order valence-corrected chi connectivity index (χ3v) is 2.60. The van der Waals surface area contributed by atoms with E-state index in [4.69, 9.17) is 14.3 Å². The van der Waals surface area contributed by atoms with E-state index in [1.165, 1.54) is 21.3 Å². The summed E-state index contributed by atoms with van der Waals surface area (Å²) >= 11 is 3.11. The van der Waals surface area contributed by atoms with Crippen LogP contribution in [-0.2, 0) is 11.4 Å². The van der Waals surface area contributed by atoms with Gasteiger partial charge in [0.05, 0.1) is 25.8 Å². The minimum absolute atomic E-state index is 0.0739. The first-order chi connectivity index (χ1) is 7.65. The maximum Gasteiger partial charge on any atom is 0.198 e. The van der Waals surface area contributed by atoms with Gasteiger partial charge in [-0.1, -0.05) is 0 Å². The molecular formula is C10H13BrFNO3. The Hall–Kier alpha value is -0.850. The van der Waals surface area contributed by atoms with Crippen LogP contribution in [0, 0.1) is 5.82 Å². The largest absolute Gasteiger partial charge is 0.492 e. The van der Waals surface area contributed by atoms with Crippen LogP contribution in [0.1, 0.15) is 5.56 Å². The Morgan fingerprint density at radius 2 is 1.88 bits per heavy atom. The molecule has 0 spiro atoms. The van der Waals surface area contributed by atoms with E-state index in [-0.39, 0.29) is 5.75 Å². The van der Waals surface area contributed by atoms with Crippen LogP contribution < -0.4 is 15.0 Å². The first-order valence-corrected chi connectivity index (χ1v) is 5.29. The number of nitrogens with one attached hydrogen (secondary N) is 1. The standard InChI is InChI=1S/C10H13BrFNO3/c1-14-9-6(5-13-16-3)4-7(11)8(12)10(9)15-2/h4,13H,5H2,1-3H3. The molecule has 0 aliphatic heterocycles. The van der Waals surface area contributed by atoms with Gasteiger partial charge in [0.1, 0.15) is 0 Å². The predicted octanol–water partition coefficient (Wildman–Crippen LogP) is 2.26. The average molecular weight is 294 g/mol. The van der Waals surface area contributed by atoms with Crippen molar-refractivity contribution >= 4 is 15.9 Å². The van der Waals surface area contributed by atoms with Crippen LogP contribution in [0.4, 0.5) is 4.39 Å². The summed E-state index contributed by atoms with van der Waals surface area (Å²) in [7, 11) is 4.35. The molecule has 1 rings (SSSR count). The first kappa shape index (κ1) is 13.2. The number of halogens is 2. The molecular weight excluding hydrogens is 281 g/mol. The topological polar surface area (TPSA) is 39.7 Å². The molecule has 0 amide bonds. The summed E-state index contributed by atoms with van der Waals surface area (Å²) in [5.41, 5.74) is 3.39. The minimum atomic E-state index is -0.486. The predicted molar refractivity (Wildman–Crippen MR) is 61.1 cm³/mol. The summed E-state index contributed by atoms with van der Waals surface area (Å²) in [6, 6.07) is 1.61. The first-order valence-electron chi connectivity index (χ1n) is 4.50. The van der Waals surface area contributed by atoms with Crippen LogP contribution in [0.15, 0.2) is 10.5 Å². The molecule has 0 aromatic heterocycles. The lowest BCUT2D eigenvalue weighted by molar-refractivity contribution is 0.0860. The number of methoxy groups -OCH3 is 2. The fourth-order valence-electron chi connectivity index (χ4n) is 1.32. The molecule has 4 nitrogen and oxygen atoms in total. The molecule has 1 N–H and O–H groups in total. The smallest absolute Gasteiger partial charge is 0.198 e. The highest BCUT2D eigenvalue weighted by atomic mass is 79.9. The summed E-state index contributed by atoms with van der Waals surface area (Å²) in [5.74, 6) is -0.0574. The Kier molecular flexibility index (Phi) is 4.98. The Morgan fingerprint density at radius 3 is 2.38 bits per heavy atom. The average Bonchev–Trinajstić information content (AvgIpc) is 2.29. The van der Waals surface area contributed by atoms with Crippen LogP contribution in [0.3, 0.4) is 0 Å². The fraction of sp³-hybridized carbons (Fsp3) is 0.400. The molecule has 0 fully saturated rings. The van der Waals surface area contributed by atoms with E-state index < -0.39 is 5.82 Å². The highest BCUT2D eigenvalue weighted by molar-refractivity contribution is 9.10. The van der Waals surface area contributed by atoms with Crippen molar-refractivity contribution < 1.29 is 18.7 Å². The van der Waals surface area contributed by atoms with E-state index >= 15 is 0 Å². The van der Waals surface area contributed by atoms with Gasteiger partial charge in [-0.2, -0.15) is 5.48 Å². The number of ether oxygens (including phenoxy) is 2. The van der Waals surface area contributed by atoms with Crippen molar-refractivity contribution in [1.82, 2.24) is 5.48 Å². The lowest BCUT2D eigenvalue weighted by Gasteiger charge is -2.14. The van der Waals surface area contributed by atoms with Crippen molar-refractivity contribution in [1.29, 1.82) is 0 Å². The van der Waals surface area contributed by atoms with Gasteiger partial charge in [0.2, 0.25) is 0 Å². The second kappa shape index (κ2) is 6.03. The Balaban J connectivity index is 3.20. The third kappa shape index (κ3) is 2.63. The molecule has 1 aromatic carbocycles.